The molecule has 2 aromatic carbocycles. The van der Waals surface area contributed by atoms with E-state index in [-0.39, 0.29) is 17.7 Å². The Labute approximate surface area is 151 Å². The molecule has 0 spiro atoms. The molecule has 25 heavy (non-hydrogen) atoms. The second kappa shape index (κ2) is 6.37. The standard InChI is InChI=1S/C20H17ClN2O2/c21-15-6-3-5-14(10-15)19(24)11-17-20(25)23-9-8-13-4-1-2-7-16(13)18(23)12-22-17/h1-7,10-11,18,22H,8-9,12H2/b17-11-. The highest BCUT2D eigenvalue weighted by Gasteiger charge is 2.36. The first-order valence-electron chi connectivity index (χ1n) is 8.28. The first kappa shape index (κ1) is 15.9. The number of halogens is 1. The number of amides is 1. The van der Waals surface area contributed by atoms with Gasteiger partial charge < -0.3 is 10.2 Å². The number of nitrogens with zero attached hydrogens (tertiary/aromatic N) is 1. The van der Waals surface area contributed by atoms with Crippen LogP contribution in [0, 0.1) is 0 Å². The molecule has 2 heterocycles. The molecule has 126 valence electrons. The lowest BCUT2D eigenvalue weighted by Gasteiger charge is -2.41. The largest absolute Gasteiger partial charge is 0.378 e. The number of rotatable bonds is 2. The Balaban J connectivity index is 1.59. The molecule has 0 aromatic heterocycles. The maximum atomic E-state index is 12.8. The van der Waals surface area contributed by atoms with Crippen molar-refractivity contribution in [3.8, 4) is 0 Å². The molecule has 2 aliphatic rings. The van der Waals surface area contributed by atoms with Crippen molar-refractivity contribution in [1.29, 1.82) is 0 Å². The summed E-state index contributed by atoms with van der Waals surface area (Å²) < 4.78 is 0. The Morgan fingerprint density at radius 2 is 2.04 bits per heavy atom. The lowest BCUT2D eigenvalue weighted by molar-refractivity contribution is -0.132. The van der Waals surface area contributed by atoms with E-state index in [1.807, 2.05) is 17.0 Å². The Morgan fingerprint density at radius 1 is 1.20 bits per heavy atom. The maximum absolute atomic E-state index is 12.8. The second-order valence-corrected chi connectivity index (χ2v) is 6.71. The number of allylic oxidation sites excluding steroid dienone is 1. The SMILES string of the molecule is O=C(/C=C1\NCC2c3ccccc3CCN2C1=O)c1cccc(Cl)c1. The van der Waals surface area contributed by atoms with Crippen LogP contribution in [0.5, 0.6) is 0 Å². The van der Waals surface area contributed by atoms with E-state index in [1.165, 1.54) is 17.2 Å². The van der Waals surface area contributed by atoms with Crippen molar-refractivity contribution < 1.29 is 9.59 Å². The summed E-state index contributed by atoms with van der Waals surface area (Å²) in [5.41, 5.74) is 3.30. The first-order valence-corrected chi connectivity index (χ1v) is 8.65. The van der Waals surface area contributed by atoms with Crippen molar-refractivity contribution in [3.05, 3.63) is 82.0 Å². The van der Waals surface area contributed by atoms with E-state index in [2.05, 4.69) is 17.4 Å². The van der Waals surface area contributed by atoms with Gasteiger partial charge in [0.05, 0.1) is 6.04 Å². The van der Waals surface area contributed by atoms with Gasteiger partial charge in [0.15, 0.2) is 5.78 Å². The number of piperazine rings is 1. The van der Waals surface area contributed by atoms with E-state index in [9.17, 15) is 9.59 Å². The Bertz CT molecular complexity index is 891. The van der Waals surface area contributed by atoms with Crippen LogP contribution in [0.15, 0.2) is 60.3 Å². The van der Waals surface area contributed by atoms with E-state index >= 15 is 0 Å². The van der Waals surface area contributed by atoms with Crippen molar-refractivity contribution in [2.45, 2.75) is 12.5 Å². The van der Waals surface area contributed by atoms with E-state index in [4.69, 9.17) is 11.6 Å². The Morgan fingerprint density at radius 3 is 2.88 bits per heavy atom. The van der Waals surface area contributed by atoms with Gasteiger partial charge in [0.25, 0.3) is 5.91 Å². The van der Waals surface area contributed by atoms with E-state index in [1.54, 1.807) is 24.3 Å². The molecule has 5 heteroatoms. The zero-order valence-electron chi connectivity index (χ0n) is 13.5. The number of carbonyl (C=O) groups excluding carboxylic acids is 2. The van der Waals surface area contributed by atoms with E-state index < -0.39 is 0 Å². The fourth-order valence-corrected chi connectivity index (χ4v) is 3.71. The topological polar surface area (TPSA) is 49.4 Å². The number of fused-ring (bicyclic) bond motifs is 3. The molecule has 1 unspecified atom stereocenters. The third-order valence-corrected chi connectivity index (χ3v) is 5.01. The lowest BCUT2D eigenvalue weighted by Crippen LogP contribution is -2.51. The molecule has 1 amide bonds. The van der Waals surface area contributed by atoms with Crippen LogP contribution in [0.1, 0.15) is 27.5 Å². The van der Waals surface area contributed by atoms with Crippen molar-refractivity contribution >= 4 is 23.3 Å². The summed E-state index contributed by atoms with van der Waals surface area (Å²) in [6, 6.07) is 15.0. The number of nitrogens with one attached hydrogen (secondary N) is 1. The normalized spacial score (nSPS) is 20.7. The molecule has 2 aliphatic heterocycles. The summed E-state index contributed by atoms with van der Waals surface area (Å²) >= 11 is 5.94. The summed E-state index contributed by atoms with van der Waals surface area (Å²) in [5, 5.41) is 3.64. The van der Waals surface area contributed by atoms with Gasteiger partial charge >= 0.3 is 0 Å². The highest BCUT2D eigenvalue weighted by molar-refractivity contribution is 6.31. The predicted molar refractivity (Wildman–Crippen MR) is 96.5 cm³/mol. The van der Waals surface area contributed by atoms with Crippen LogP contribution in [0.3, 0.4) is 0 Å². The number of ketones is 1. The minimum atomic E-state index is -0.228. The van der Waals surface area contributed by atoms with E-state index in [0.717, 1.165) is 6.42 Å². The zero-order valence-corrected chi connectivity index (χ0v) is 14.3. The summed E-state index contributed by atoms with van der Waals surface area (Å²) in [7, 11) is 0. The van der Waals surface area contributed by atoms with Crippen LogP contribution >= 0.6 is 11.6 Å². The molecule has 1 N–H and O–H groups in total. The predicted octanol–water partition coefficient (Wildman–Crippen LogP) is 3.14. The number of benzene rings is 2. The van der Waals surface area contributed by atoms with Crippen molar-refractivity contribution in [2.75, 3.05) is 13.1 Å². The van der Waals surface area contributed by atoms with Gasteiger partial charge in [-0.1, -0.05) is 48.0 Å². The number of hydrogen-bond acceptors (Lipinski definition) is 3. The van der Waals surface area contributed by atoms with E-state index in [0.29, 0.717) is 29.4 Å². The molecule has 1 saturated heterocycles. The van der Waals surface area contributed by atoms with Gasteiger partial charge in [-0.15, -0.1) is 0 Å². The number of carbonyl (C=O) groups is 2. The Hall–Kier alpha value is -2.59. The van der Waals surface area contributed by atoms with Crippen molar-refractivity contribution in [1.82, 2.24) is 10.2 Å². The van der Waals surface area contributed by atoms with Crippen LogP contribution in [0.25, 0.3) is 0 Å². The quantitative estimate of drug-likeness (QED) is 0.667. The minimum Gasteiger partial charge on any atom is -0.378 e. The van der Waals surface area contributed by atoms with Gasteiger partial charge in [0.2, 0.25) is 0 Å². The van der Waals surface area contributed by atoms with Gasteiger partial charge in [0.1, 0.15) is 5.70 Å². The smallest absolute Gasteiger partial charge is 0.270 e. The molecule has 2 aromatic rings. The summed E-state index contributed by atoms with van der Waals surface area (Å²) in [6.07, 6.45) is 2.22. The molecule has 1 atom stereocenters. The van der Waals surface area contributed by atoms with Crippen LogP contribution in [-0.4, -0.2) is 29.7 Å². The molecule has 0 aliphatic carbocycles. The van der Waals surface area contributed by atoms with Gasteiger partial charge in [-0.2, -0.15) is 0 Å². The molecule has 0 bridgehead atoms. The molecule has 4 nitrogen and oxygen atoms in total. The molecule has 0 saturated carbocycles. The average molecular weight is 353 g/mol. The third kappa shape index (κ3) is 2.94. The van der Waals surface area contributed by atoms with Crippen LogP contribution in [0.2, 0.25) is 5.02 Å². The van der Waals surface area contributed by atoms with Gasteiger partial charge in [-0.25, -0.2) is 0 Å². The Kier molecular flexibility index (Phi) is 4.06. The van der Waals surface area contributed by atoms with Crippen molar-refractivity contribution in [2.24, 2.45) is 0 Å². The van der Waals surface area contributed by atoms with Crippen LogP contribution in [-0.2, 0) is 11.2 Å². The second-order valence-electron chi connectivity index (χ2n) is 6.28. The third-order valence-electron chi connectivity index (χ3n) is 4.77. The highest BCUT2D eigenvalue weighted by Crippen LogP contribution is 2.32. The summed E-state index contributed by atoms with van der Waals surface area (Å²) in [5.74, 6) is -0.352. The molecule has 1 fully saturated rings. The summed E-state index contributed by atoms with van der Waals surface area (Å²) in [4.78, 5) is 27.1. The minimum absolute atomic E-state index is 0.0240. The highest BCUT2D eigenvalue weighted by atomic mass is 35.5. The fourth-order valence-electron chi connectivity index (χ4n) is 3.52. The summed E-state index contributed by atoms with van der Waals surface area (Å²) in [6.45, 7) is 1.28. The monoisotopic (exact) mass is 352 g/mol. The first-order chi connectivity index (χ1) is 12.1. The maximum Gasteiger partial charge on any atom is 0.270 e. The molecular formula is C20H17ClN2O2. The van der Waals surface area contributed by atoms with Gasteiger partial charge in [-0.05, 0) is 29.7 Å². The zero-order chi connectivity index (χ0) is 17.4. The lowest BCUT2D eigenvalue weighted by atomic mass is 9.90. The van der Waals surface area contributed by atoms with Crippen molar-refractivity contribution in [3.63, 3.8) is 0 Å². The average Bonchev–Trinajstić information content (AvgIpc) is 2.63. The van der Waals surface area contributed by atoms with Crippen LogP contribution in [0.4, 0.5) is 0 Å². The molecule has 0 radical (unpaired) electrons. The van der Waals surface area contributed by atoms with Gasteiger partial charge in [0, 0.05) is 29.8 Å². The molecular weight excluding hydrogens is 336 g/mol. The number of hydrogen-bond donors (Lipinski definition) is 1. The fraction of sp³-hybridized carbons (Fsp3) is 0.200. The van der Waals surface area contributed by atoms with Gasteiger partial charge in [-0.3, -0.25) is 9.59 Å². The van der Waals surface area contributed by atoms with Crippen LogP contribution < -0.4 is 5.32 Å². The molecule has 4 rings (SSSR count).